The number of hydrogen-bond donors (Lipinski definition) is 3. The van der Waals surface area contributed by atoms with Crippen LogP contribution in [-0.4, -0.2) is 47.2 Å². The molecule has 1 amide bonds. The van der Waals surface area contributed by atoms with Gasteiger partial charge in [-0.25, -0.2) is 13.1 Å². The highest BCUT2D eigenvalue weighted by Crippen LogP contribution is 2.23. The van der Waals surface area contributed by atoms with E-state index in [1.807, 2.05) is 0 Å². The fraction of sp³-hybridized carbons (Fsp3) is 0.500. The highest BCUT2D eigenvalue weighted by Gasteiger charge is 2.20. The first-order valence-corrected chi connectivity index (χ1v) is 8.56. The van der Waals surface area contributed by atoms with E-state index in [4.69, 9.17) is 4.74 Å². The predicted octanol–water partition coefficient (Wildman–Crippen LogP) is 0.220. The Balaban J connectivity index is 2.09. The standard InChI is InChI=1S/C14H21N3O4S/c1-10-12(4-3-5-13(10)22(19,20)15-2)17-14(18)8-11-9-21-7-6-16-11/h3-5,11,15-16H,6-9H2,1-2H3,(H,17,18). The number of sulfonamides is 1. The molecule has 1 aliphatic heterocycles. The van der Waals surface area contributed by atoms with Crippen LogP contribution in [0.3, 0.4) is 0 Å². The van der Waals surface area contributed by atoms with E-state index in [1.165, 1.54) is 13.1 Å². The molecule has 7 nitrogen and oxygen atoms in total. The molecule has 1 aliphatic rings. The van der Waals surface area contributed by atoms with Gasteiger partial charge in [-0.1, -0.05) is 6.07 Å². The van der Waals surface area contributed by atoms with Crippen LogP contribution < -0.4 is 15.4 Å². The molecule has 1 unspecified atom stereocenters. The van der Waals surface area contributed by atoms with E-state index >= 15 is 0 Å². The van der Waals surface area contributed by atoms with Gasteiger partial charge in [0.1, 0.15) is 0 Å². The lowest BCUT2D eigenvalue weighted by atomic mass is 10.1. The number of anilines is 1. The Morgan fingerprint density at radius 1 is 1.45 bits per heavy atom. The average molecular weight is 327 g/mol. The molecular weight excluding hydrogens is 306 g/mol. The summed E-state index contributed by atoms with van der Waals surface area (Å²) in [6.07, 6.45) is 0.280. The number of nitrogens with one attached hydrogen (secondary N) is 3. The summed E-state index contributed by atoms with van der Waals surface area (Å²) in [5.74, 6) is -0.176. The monoisotopic (exact) mass is 327 g/mol. The normalized spacial score (nSPS) is 18.9. The summed E-state index contributed by atoms with van der Waals surface area (Å²) in [5, 5.41) is 5.97. The first-order valence-electron chi connectivity index (χ1n) is 7.08. The Labute approximate surface area is 130 Å². The van der Waals surface area contributed by atoms with Gasteiger partial charge in [0, 0.05) is 24.7 Å². The molecule has 1 aromatic rings. The fourth-order valence-electron chi connectivity index (χ4n) is 2.33. The summed E-state index contributed by atoms with van der Waals surface area (Å²) in [6, 6.07) is 4.78. The first kappa shape index (κ1) is 16.9. The van der Waals surface area contributed by atoms with Gasteiger partial charge in [-0.05, 0) is 31.7 Å². The zero-order chi connectivity index (χ0) is 16.2. The third-order valence-electron chi connectivity index (χ3n) is 3.55. The van der Waals surface area contributed by atoms with Crippen LogP contribution >= 0.6 is 0 Å². The summed E-state index contributed by atoms with van der Waals surface area (Å²) in [6.45, 7) is 3.55. The smallest absolute Gasteiger partial charge is 0.240 e. The van der Waals surface area contributed by atoms with Crippen molar-refractivity contribution in [3.63, 3.8) is 0 Å². The number of ether oxygens (including phenoxy) is 1. The number of amides is 1. The molecular formula is C14H21N3O4S. The SMILES string of the molecule is CNS(=O)(=O)c1cccc(NC(=O)CC2COCCN2)c1C. The van der Waals surface area contributed by atoms with Gasteiger partial charge < -0.3 is 15.4 Å². The molecule has 0 spiro atoms. The highest BCUT2D eigenvalue weighted by atomic mass is 32.2. The molecule has 1 fully saturated rings. The van der Waals surface area contributed by atoms with Crippen molar-refractivity contribution < 1.29 is 17.9 Å². The van der Waals surface area contributed by atoms with Gasteiger partial charge in [0.25, 0.3) is 0 Å². The number of rotatable bonds is 5. The lowest BCUT2D eigenvalue weighted by molar-refractivity contribution is -0.117. The maximum Gasteiger partial charge on any atom is 0.240 e. The van der Waals surface area contributed by atoms with Crippen LogP contribution in [0, 0.1) is 6.92 Å². The third kappa shape index (κ3) is 4.04. The van der Waals surface area contributed by atoms with Crippen LogP contribution in [-0.2, 0) is 19.6 Å². The van der Waals surface area contributed by atoms with E-state index < -0.39 is 10.0 Å². The molecule has 1 saturated heterocycles. The highest BCUT2D eigenvalue weighted by molar-refractivity contribution is 7.89. The van der Waals surface area contributed by atoms with E-state index in [2.05, 4.69) is 15.4 Å². The second-order valence-electron chi connectivity index (χ2n) is 5.11. The molecule has 1 atom stereocenters. The zero-order valence-corrected chi connectivity index (χ0v) is 13.5. The maximum atomic E-state index is 12.1. The van der Waals surface area contributed by atoms with Crippen molar-refractivity contribution >= 4 is 21.6 Å². The topological polar surface area (TPSA) is 96.5 Å². The molecule has 0 aliphatic carbocycles. The molecule has 122 valence electrons. The minimum absolute atomic E-state index is 0.0155. The Morgan fingerprint density at radius 2 is 2.23 bits per heavy atom. The predicted molar refractivity (Wildman–Crippen MR) is 83.3 cm³/mol. The van der Waals surface area contributed by atoms with Crippen LogP contribution in [0.2, 0.25) is 0 Å². The van der Waals surface area contributed by atoms with Crippen molar-refractivity contribution in [1.82, 2.24) is 10.0 Å². The molecule has 8 heteroatoms. The fourth-order valence-corrected chi connectivity index (χ4v) is 3.32. The van der Waals surface area contributed by atoms with Gasteiger partial charge in [-0.2, -0.15) is 0 Å². The van der Waals surface area contributed by atoms with Crippen LogP contribution in [0.1, 0.15) is 12.0 Å². The minimum Gasteiger partial charge on any atom is -0.378 e. The van der Waals surface area contributed by atoms with Gasteiger partial charge in [-0.15, -0.1) is 0 Å². The van der Waals surface area contributed by atoms with Crippen molar-refractivity contribution in [1.29, 1.82) is 0 Å². The van der Waals surface area contributed by atoms with Crippen LogP contribution in [0.5, 0.6) is 0 Å². The first-order chi connectivity index (χ1) is 10.4. The molecule has 0 radical (unpaired) electrons. The summed E-state index contributed by atoms with van der Waals surface area (Å²) in [7, 11) is -2.19. The average Bonchev–Trinajstić information content (AvgIpc) is 2.50. The number of carbonyl (C=O) groups is 1. The van der Waals surface area contributed by atoms with Crippen molar-refractivity contribution in [2.24, 2.45) is 0 Å². The Bertz CT molecular complexity index is 639. The van der Waals surface area contributed by atoms with Gasteiger partial charge in [0.15, 0.2) is 0 Å². The lowest BCUT2D eigenvalue weighted by Gasteiger charge is -2.23. The summed E-state index contributed by atoms with van der Waals surface area (Å²) in [4.78, 5) is 12.3. The number of hydrogen-bond acceptors (Lipinski definition) is 5. The van der Waals surface area contributed by atoms with Crippen LogP contribution in [0.4, 0.5) is 5.69 Å². The van der Waals surface area contributed by atoms with Crippen molar-refractivity contribution in [3.05, 3.63) is 23.8 Å². The van der Waals surface area contributed by atoms with E-state index in [0.717, 1.165) is 6.54 Å². The van der Waals surface area contributed by atoms with Crippen molar-refractivity contribution in [3.8, 4) is 0 Å². The largest absolute Gasteiger partial charge is 0.378 e. The van der Waals surface area contributed by atoms with Crippen molar-refractivity contribution in [2.45, 2.75) is 24.3 Å². The van der Waals surface area contributed by atoms with Gasteiger partial charge in [0.2, 0.25) is 15.9 Å². The molecule has 3 N–H and O–H groups in total. The second-order valence-corrected chi connectivity index (χ2v) is 6.97. The third-order valence-corrected chi connectivity index (χ3v) is 5.11. The van der Waals surface area contributed by atoms with E-state index in [-0.39, 0.29) is 23.3 Å². The summed E-state index contributed by atoms with van der Waals surface area (Å²) >= 11 is 0. The zero-order valence-electron chi connectivity index (χ0n) is 12.7. The van der Waals surface area contributed by atoms with Crippen molar-refractivity contribution in [2.75, 3.05) is 32.1 Å². The molecule has 1 aromatic carbocycles. The Morgan fingerprint density at radius 3 is 2.86 bits per heavy atom. The molecule has 0 saturated carbocycles. The number of carbonyl (C=O) groups excluding carboxylic acids is 1. The molecule has 0 bridgehead atoms. The van der Waals surface area contributed by atoms with Gasteiger partial charge >= 0.3 is 0 Å². The second kappa shape index (κ2) is 7.19. The summed E-state index contributed by atoms with van der Waals surface area (Å²) in [5.41, 5.74) is 1.01. The Hall–Kier alpha value is -1.48. The van der Waals surface area contributed by atoms with E-state index in [1.54, 1.807) is 19.1 Å². The molecule has 1 heterocycles. The quantitative estimate of drug-likeness (QED) is 0.719. The molecule has 0 aromatic heterocycles. The van der Waals surface area contributed by atoms with Gasteiger partial charge in [0.05, 0.1) is 18.1 Å². The van der Waals surface area contributed by atoms with E-state index in [9.17, 15) is 13.2 Å². The maximum absolute atomic E-state index is 12.1. The van der Waals surface area contributed by atoms with Crippen LogP contribution in [0.25, 0.3) is 0 Å². The Kier molecular flexibility index (Phi) is 5.52. The van der Waals surface area contributed by atoms with E-state index in [0.29, 0.717) is 24.5 Å². The minimum atomic E-state index is -3.55. The lowest BCUT2D eigenvalue weighted by Crippen LogP contribution is -2.43. The molecule has 22 heavy (non-hydrogen) atoms. The molecule has 2 rings (SSSR count). The summed E-state index contributed by atoms with van der Waals surface area (Å²) < 4.78 is 31.4. The number of benzene rings is 1. The number of morpholine rings is 1. The van der Waals surface area contributed by atoms with Crippen LogP contribution in [0.15, 0.2) is 23.1 Å². The van der Waals surface area contributed by atoms with Gasteiger partial charge in [-0.3, -0.25) is 4.79 Å².